The molecule has 0 bridgehead atoms. The van der Waals surface area contributed by atoms with Crippen molar-refractivity contribution in [3.05, 3.63) is 23.8 Å². The number of carbonyl (C=O) groups excluding carboxylic acids is 1. The van der Waals surface area contributed by atoms with Crippen molar-refractivity contribution in [2.45, 2.75) is 102 Å². The van der Waals surface area contributed by atoms with E-state index in [4.69, 9.17) is 14.0 Å². The molecule has 0 spiro atoms. The van der Waals surface area contributed by atoms with Crippen molar-refractivity contribution < 1.29 is 18.8 Å². The molecule has 5 rings (SSSR count). The standard InChI is InChI=1S/C26H39BN2O4/c1-16-15-31-11-10-21(16)28-18-13-19(14-18)29-22-12-17(8-9-20(22)24(2,3)23(29)30)27-32-25(4,5)26(6,7)33-27/h8-9,12,16,18-19,21,28H,10-11,13-15H2,1-7H3/t16-,18-,19+,21+/m0/s1. The summed E-state index contributed by atoms with van der Waals surface area (Å²) in [5, 5.41) is 3.83. The van der Waals surface area contributed by atoms with Crippen LogP contribution in [0, 0.1) is 5.92 Å². The molecule has 1 aliphatic carbocycles. The van der Waals surface area contributed by atoms with E-state index in [-0.39, 0.29) is 23.2 Å². The highest BCUT2D eigenvalue weighted by atomic mass is 16.7. The lowest BCUT2D eigenvalue weighted by Gasteiger charge is -2.45. The zero-order valence-electron chi connectivity index (χ0n) is 21.2. The number of hydrogen-bond donors (Lipinski definition) is 1. The first-order valence-electron chi connectivity index (χ1n) is 12.6. The molecule has 1 amide bonds. The average molecular weight is 454 g/mol. The normalized spacial score (nSPS) is 34.3. The number of ether oxygens (including phenoxy) is 1. The van der Waals surface area contributed by atoms with Gasteiger partial charge in [0.1, 0.15) is 0 Å². The summed E-state index contributed by atoms with van der Waals surface area (Å²) < 4.78 is 18.2. The van der Waals surface area contributed by atoms with Gasteiger partial charge in [-0.2, -0.15) is 0 Å². The maximum atomic E-state index is 13.5. The molecule has 2 saturated heterocycles. The van der Waals surface area contributed by atoms with Gasteiger partial charge in [0.05, 0.1) is 23.2 Å². The summed E-state index contributed by atoms with van der Waals surface area (Å²) in [6.45, 7) is 16.3. The van der Waals surface area contributed by atoms with Crippen molar-refractivity contribution in [3.63, 3.8) is 0 Å². The summed E-state index contributed by atoms with van der Waals surface area (Å²) in [4.78, 5) is 15.6. The second kappa shape index (κ2) is 7.80. The van der Waals surface area contributed by atoms with E-state index in [9.17, 15) is 4.79 Å². The number of rotatable bonds is 4. The van der Waals surface area contributed by atoms with Gasteiger partial charge >= 0.3 is 7.12 Å². The van der Waals surface area contributed by atoms with Crippen LogP contribution in [0.1, 0.15) is 73.3 Å². The number of benzene rings is 1. The molecule has 6 nitrogen and oxygen atoms in total. The second-order valence-electron chi connectivity index (χ2n) is 12.1. The number of anilines is 1. The average Bonchev–Trinajstić information content (AvgIpc) is 3.05. The van der Waals surface area contributed by atoms with E-state index in [0.29, 0.717) is 18.0 Å². The van der Waals surface area contributed by atoms with Crippen molar-refractivity contribution in [2.75, 3.05) is 18.1 Å². The van der Waals surface area contributed by atoms with Gasteiger partial charge in [-0.3, -0.25) is 4.79 Å². The van der Waals surface area contributed by atoms with E-state index in [1.54, 1.807) is 0 Å². The fraction of sp³-hybridized carbons (Fsp3) is 0.731. The topological polar surface area (TPSA) is 60.0 Å². The van der Waals surface area contributed by atoms with Gasteiger partial charge in [-0.05, 0) is 83.8 Å². The van der Waals surface area contributed by atoms with Crippen LogP contribution in [0.15, 0.2) is 18.2 Å². The van der Waals surface area contributed by atoms with Crippen LogP contribution in [0.2, 0.25) is 0 Å². The van der Waals surface area contributed by atoms with Gasteiger partial charge in [0.2, 0.25) is 5.91 Å². The lowest BCUT2D eigenvalue weighted by Crippen LogP contribution is -2.58. The molecule has 3 aliphatic heterocycles. The number of fused-ring (bicyclic) bond motifs is 1. The quantitative estimate of drug-likeness (QED) is 0.709. The van der Waals surface area contributed by atoms with Crippen molar-refractivity contribution in [3.8, 4) is 0 Å². The number of nitrogens with zero attached hydrogens (tertiary/aromatic N) is 1. The molecule has 1 N–H and O–H groups in total. The SMILES string of the molecule is C[C@H]1COCC[C@H]1N[C@H]1C[C@@H](N2C(=O)C(C)(C)c3ccc(B4OC(C)(C)C(C)(C)O4)cc32)C1. The molecule has 33 heavy (non-hydrogen) atoms. The van der Waals surface area contributed by atoms with Crippen LogP contribution >= 0.6 is 0 Å². The Labute approximate surface area is 198 Å². The first kappa shape index (κ1) is 23.3. The fourth-order valence-corrected chi connectivity index (χ4v) is 5.66. The van der Waals surface area contributed by atoms with Crippen molar-refractivity contribution in [1.82, 2.24) is 5.32 Å². The van der Waals surface area contributed by atoms with E-state index in [2.05, 4.69) is 63.0 Å². The Morgan fingerprint density at radius 3 is 2.36 bits per heavy atom. The second-order valence-corrected chi connectivity index (χ2v) is 12.1. The minimum Gasteiger partial charge on any atom is -0.399 e. The lowest BCUT2D eigenvalue weighted by atomic mass is 9.76. The summed E-state index contributed by atoms with van der Waals surface area (Å²) >= 11 is 0. The number of amides is 1. The minimum absolute atomic E-state index is 0.200. The Balaban J connectivity index is 1.34. The van der Waals surface area contributed by atoms with Crippen LogP contribution in [-0.4, -0.2) is 55.6 Å². The Bertz CT molecular complexity index is 924. The van der Waals surface area contributed by atoms with Crippen LogP contribution in [-0.2, 0) is 24.3 Å². The van der Waals surface area contributed by atoms with E-state index in [0.717, 1.165) is 49.2 Å². The third kappa shape index (κ3) is 3.76. The highest BCUT2D eigenvalue weighted by Gasteiger charge is 2.53. The third-order valence-corrected chi connectivity index (χ3v) is 8.80. The smallest absolute Gasteiger partial charge is 0.399 e. The zero-order valence-corrected chi connectivity index (χ0v) is 21.2. The van der Waals surface area contributed by atoms with Gasteiger partial charge in [-0.15, -0.1) is 0 Å². The minimum atomic E-state index is -0.516. The molecule has 3 heterocycles. The maximum absolute atomic E-state index is 13.5. The number of carbonyl (C=O) groups is 1. The van der Waals surface area contributed by atoms with Crippen molar-refractivity contribution >= 4 is 24.2 Å². The van der Waals surface area contributed by atoms with Gasteiger partial charge in [0.25, 0.3) is 0 Å². The molecule has 0 aromatic heterocycles. The van der Waals surface area contributed by atoms with Gasteiger partial charge in [0.15, 0.2) is 0 Å². The maximum Gasteiger partial charge on any atom is 0.494 e. The Morgan fingerprint density at radius 1 is 1.06 bits per heavy atom. The molecular weight excluding hydrogens is 415 g/mol. The van der Waals surface area contributed by atoms with E-state index < -0.39 is 12.5 Å². The molecule has 3 fully saturated rings. The van der Waals surface area contributed by atoms with Gasteiger partial charge < -0.3 is 24.3 Å². The highest BCUT2D eigenvalue weighted by molar-refractivity contribution is 6.62. The molecule has 1 saturated carbocycles. The first-order chi connectivity index (χ1) is 15.4. The van der Waals surface area contributed by atoms with Crippen LogP contribution < -0.4 is 15.7 Å². The summed E-state index contributed by atoms with van der Waals surface area (Å²) in [6, 6.07) is 7.51. The lowest BCUT2D eigenvalue weighted by molar-refractivity contribution is -0.123. The molecule has 4 aliphatic rings. The predicted octanol–water partition coefficient (Wildman–Crippen LogP) is 3.16. The summed E-state index contributed by atoms with van der Waals surface area (Å²) in [6.07, 6.45) is 3.05. The van der Waals surface area contributed by atoms with Crippen molar-refractivity contribution in [1.29, 1.82) is 0 Å². The molecule has 0 radical (unpaired) electrons. The van der Waals surface area contributed by atoms with Gasteiger partial charge in [0, 0.05) is 30.4 Å². The van der Waals surface area contributed by atoms with Crippen LogP contribution in [0.25, 0.3) is 0 Å². The van der Waals surface area contributed by atoms with Gasteiger partial charge in [-0.25, -0.2) is 0 Å². The highest BCUT2D eigenvalue weighted by Crippen LogP contribution is 2.46. The van der Waals surface area contributed by atoms with E-state index in [1.165, 1.54) is 0 Å². The predicted molar refractivity (Wildman–Crippen MR) is 131 cm³/mol. The Morgan fingerprint density at radius 2 is 1.73 bits per heavy atom. The monoisotopic (exact) mass is 454 g/mol. The summed E-state index contributed by atoms with van der Waals surface area (Å²) in [5.74, 6) is 0.736. The van der Waals surface area contributed by atoms with Crippen LogP contribution in [0.5, 0.6) is 0 Å². The number of nitrogens with one attached hydrogen (secondary N) is 1. The Kier molecular flexibility index (Phi) is 5.52. The molecule has 1 aromatic rings. The molecule has 180 valence electrons. The van der Waals surface area contributed by atoms with Gasteiger partial charge in [-0.1, -0.05) is 19.1 Å². The van der Waals surface area contributed by atoms with Crippen LogP contribution in [0.4, 0.5) is 5.69 Å². The number of hydrogen-bond acceptors (Lipinski definition) is 5. The molecule has 2 atom stereocenters. The Hall–Kier alpha value is -1.41. The molecular formula is C26H39BN2O4. The summed E-state index contributed by atoms with van der Waals surface area (Å²) in [7, 11) is -0.424. The zero-order chi connectivity index (χ0) is 23.8. The molecule has 0 unspecified atom stereocenters. The van der Waals surface area contributed by atoms with Crippen LogP contribution in [0.3, 0.4) is 0 Å². The molecule has 7 heteroatoms. The van der Waals surface area contributed by atoms with Crippen molar-refractivity contribution in [2.24, 2.45) is 5.92 Å². The molecule has 1 aromatic carbocycles. The third-order valence-electron chi connectivity index (χ3n) is 8.80. The largest absolute Gasteiger partial charge is 0.494 e. The first-order valence-corrected chi connectivity index (χ1v) is 12.6. The van der Waals surface area contributed by atoms with E-state index >= 15 is 0 Å². The fourth-order valence-electron chi connectivity index (χ4n) is 5.66. The summed E-state index contributed by atoms with van der Waals surface area (Å²) in [5.41, 5.74) is 1.81. The van der Waals surface area contributed by atoms with E-state index in [1.807, 2.05) is 13.8 Å².